The van der Waals surface area contributed by atoms with Crippen LogP contribution in [0, 0.1) is 0 Å². The van der Waals surface area contributed by atoms with Crippen LogP contribution in [-0.4, -0.2) is 21.7 Å². The van der Waals surface area contributed by atoms with Gasteiger partial charge in [0.25, 0.3) is 0 Å². The molecule has 0 aromatic heterocycles. The van der Waals surface area contributed by atoms with Gasteiger partial charge in [0.15, 0.2) is 5.11 Å². The summed E-state index contributed by atoms with van der Waals surface area (Å²) in [6.45, 7) is 1.63. The highest BCUT2D eigenvalue weighted by atomic mass is 32.1. The minimum Gasteiger partial charge on any atom is -0.411 e. The smallest absolute Gasteiger partial charge is 0.184 e. The van der Waals surface area contributed by atoms with Crippen LogP contribution in [-0.2, 0) is 0 Å². The largest absolute Gasteiger partial charge is 0.411 e. The first-order valence-electron chi connectivity index (χ1n) is 4.52. The Bertz CT molecular complexity index is 428. The minimum atomic E-state index is 0.0548. The van der Waals surface area contributed by atoms with Gasteiger partial charge in [-0.15, -0.1) is 0 Å². The molecule has 1 aromatic rings. The van der Waals surface area contributed by atoms with Gasteiger partial charge < -0.3 is 10.9 Å². The molecule has 0 aliphatic heterocycles. The first kappa shape index (κ1) is 12.1. The summed E-state index contributed by atoms with van der Waals surface area (Å²) in [5, 5.41) is 15.9. The Morgan fingerprint density at radius 1 is 1.38 bits per heavy atom. The standard InChI is InChI=1S/C10H12N4OS/c1-7(14-15)9(12-13-10(11)16)8-5-3-2-4-6-8/h2-6,15H,1H3,(H3,11,13,16)/b12-9-,14-7+. The zero-order valence-corrected chi connectivity index (χ0v) is 9.53. The summed E-state index contributed by atoms with van der Waals surface area (Å²) >= 11 is 4.64. The lowest BCUT2D eigenvalue weighted by Gasteiger charge is -2.05. The van der Waals surface area contributed by atoms with Crippen LogP contribution in [0.15, 0.2) is 40.6 Å². The molecule has 0 atom stereocenters. The van der Waals surface area contributed by atoms with Gasteiger partial charge >= 0.3 is 0 Å². The molecule has 0 unspecified atom stereocenters. The molecule has 0 aliphatic rings. The number of benzene rings is 1. The van der Waals surface area contributed by atoms with Crippen LogP contribution in [0.25, 0.3) is 0 Å². The third kappa shape index (κ3) is 3.32. The van der Waals surface area contributed by atoms with E-state index < -0.39 is 0 Å². The van der Waals surface area contributed by atoms with Crippen molar-refractivity contribution < 1.29 is 5.21 Å². The monoisotopic (exact) mass is 236 g/mol. The average Bonchev–Trinajstić information content (AvgIpc) is 2.30. The Hall–Kier alpha value is -1.95. The lowest BCUT2D eigenvalue weighted by atomic mass is 10.1. The van der Waals surface area contributed by atoms with E-state index in [1.54, 1.807) is 6.92 Å². The Kier molecular flexibility index (Phi) is 4.41. The third-order valence-corrected chi connectivity index (χ3v) is 1.91. The van der Waals surface area contributed by atoms with E-state index in [1.165, 1.54) is 0 Å². The van der Waals surface area contributed by atoms with Gasteiger partial charge in [-0.05, 0) is 19.1 Å². The van der Waals surface area contributed by atoms with Crippen LogP contribution in [0.3, 0.4) is 0 Å². The molecule has 0 bridgehead atoms. The van der Waals surface area contributed by atoms with Crippen molar-refractivity contribution in [2.45, 2.75) is 6.92 Å². The molecular formula is C10H12N4OS. The maximum atomic E-state index is 8.75. The number of oxime groups is 1. The summed E-state index contributed by atoms with van der Waals surface area (Å²) in [6, 6.07) is 9.28. The van der Waals surface area contributed by atoms with Gasteiger partial charge in [0.1, 0.15) is 11.4 Å². The lowest BCUT2D eigenvalue weighted by Crippen LogP contribution is -2.27. The van der Waals surface area contributed by atoms with Gasteiger partial charge in [-0.1, -0.05) is 35.5 Å². The lowest BCUT2D eigenvalue weighted by molar-refractivity contribution is 0.320. The molecule has 0 spiro atoms. The molecule has 1 aromatic carbocycles. The maximum Gasteiger partial charge on any atom is 0.184 e. The molecule has 5 nitrogen and oxygen atoms in total. The molecule has 0 saturated carbocycles. The van der Waals surface area contributed by atoms with Crippen molar-refractivity contribution in [1.82, 2.24) is 5.43 Å². The summed E-state index contributed by atoms with van der Waals surface area (Å²) in [5.74, 6) is 0. The number of nitrogens with two attached hydrogens (primary N) is 1. The van der Waals surface area contributed by atoms with Crippen LogP contribution in [0.5, 0.6) is 0 Å². The number of hydrazone groups is 1. The molecule has 84 valence electrons. The first-order chi connectivity index (χ1) is 7.65. The second kappa shape index (κ2) is 5.82. The second-order valence-corrected chi connectivity index (χ2v) is 3.43. The zero-order chi connectivity index (χ0) is 12.0. The van der Waals surface area contributed by atoms with E-state index in [4.69, 9.17) is 10.9 Å². The van der Waals surface area contributed by atoms with E-state index in [-0.39, 0.29) is 5.11 Å². The van der Waals surface area contributed by atoms with Crippen LogP contribution in [0.2, 0.25) is 0 Å². The summed E-state index contributed by atoms with van der Waals surface area (Å²) < 4.78 is 0. The topological polar surface area (TPSA) is 83.0 Å². The molecule has 16 heavy (non-hydrogen) atoms. The van der Waals surface area contributed by atoms with Gasteiger partial charge in [-0.3, -0.25) is 5.43 Å². The quantitative estimate of drug-likeness (QED) is 0.317. The van der Waals surface area contributed by atoms with Crippen molar-refractivity contribution in [1.29, 1.82) is 0 Å². The Morgan fingerprint density at radius 3 is 2.50 bits per heavy atom. The van der Waals surface area contributed by atoms with Crippen molar-refractivity contribution in [3.8, 4) is 0 Å². The van der Waals surface area contributed by atoms with E-state index in [9.17, 15) is 0 Å². The van der Waals surface area contributed by atoms with Crippen LogP contribution >= 0.6 is 12.2 Å². The molecule has 1 rings (SSSR count). The van der Waals surface area contributed by atoms with E-state index in [2.05, 4.69) is 27.9 Å². The number of nitrogens with zero attached hydrogens (tertiary/aromatic N) is 2. The highest BCUT2D eigenvalue weighted by Gasteiger charge is 2.07. The number of nitrogens with one attached hydrogen (secondary N) is 1. The normalized spacial score (nSPS) is 12.3. The Labute approximate surface area is 98.6 Å². The fourth-order valence-electron chi connectivity index (χ4n) is 1.11. The Balaban J connectivity index is 3.07. The van der Waals surface area contributed by atoms with Crippen molar-refractivity contribution in [2.24, 2.45) is 16.0 Å². The molecule has 0 fully saturated rings. The van der Waals surface area contributed by atoms with Crippen LogP contribution in [0.4, 0.5) is 0 Å². The highest BCUT2D eigenvalue weighted by Crippen LogP contribution is 2.02. The molecule has 0 aliphatic carbocycles. The summed E-state index contributed by atoms with van der Waals surface area (Å²) in [4.78, 5) is 0. The molecule has 6 heteroatoms. The maximum absolute atomic E-state index is 8.75. The minimum absolute atomic E-state index is 0.0548. The molecule has 0 radical (unpaired) electrons. The predicted octanol–water partition coefficient (Wildman–Crippen LogP) is 1.07. The molecule has 0 amide bonds. The summed E-state index contributed by atoms with van der Waals surface area (Å²) in [5.41, 5.74) is 9.40. The number of hydrogen-bond donors (Lipinski definition) is 3. The van der Waals surface area contributed by atoms with Crippen molar-refractivity contribution in [3.63, 3.8) is 0 Å². The predicted molar refractivity (Wildman–Crippen MR) is 67.8 cm³/mol. The third-order valence-electron chi connectivity index (χ3n) is 1.82. The number of hydrogen-bond acceptors (Lipinski definition) is 4. The SMILES string of the molecule is CC(=N\O)/C(=N/NC(N)=S)c1ccccc1. The summed E-state index contributed by atoms with van der Waals surface area (Å²) in [7, 11) is 0. The van der Waals surface area contributed by atoms with Crippen LogP contribution < -0.4 is 11.2 Å². The number of thiocarbonyl (C=S) groups is 1. The number of rotatable bonds is 3. The van der Waals surface area contributed by atoms with E-state index >= 15 is 0 Å². The van der Waals surface area contributed by atoms with Crippen LogP contribution in [0.1, 0.15) is 12.5 Å². The molecule has 0 saturated heterocycles. The van der Waals surface area contributed by atoms with Gasteiger partial charge in [-0.25, -0.2) is 0 Å². The van der Waals surface area contributed by atoms with Crippen molar-refractivity contribution in [2.75, 3.05) is 0 Å². The van der Waals surface area contributed by atoms with Gasteiger partial charge in [0.05, 0.1) is 0 Å². The van der Waals surface area contributed by atoms with Gasteiger partial charge in [0, 0.05) is 5.56 Å². The molecule has 0 heterocycles. The van der Waals surface area contributed by atoms with E-state index in [0.29, 0.717) is 11.4 Å². The average molecular weight is 236 g/mol. The first-order valence-corrected chi connectivity index (χ1v) is 4.93. The van der Waals surface area contributed by atoms with E-state index in [0.717, 1.165) is 5.56 Å². The molecular weight excluding hydrogens is 224 g/mol. The van der Waals surface area contributed by atoms with E-state index in [1.807, 2.05) is 30.3 Å². The highest BCUT2D eigenvalue weighted by molar-refractivity contribution is 7.80. The van der Waals surface area contributed by atoms with Gasteiger partial charge in [-0.2, -0.15) is 5.10 Å². The van der Waals surface area contributed by atoms with Crippen molar-refractivity contribution >= 4 is 28.8 Å². The summed E-state index contributed by atoms with van der Waals surface area (Å²) in [6.07, 6.45) is 0. The van der Waals surface area contributed by atoms with Gasteiger partial charge in [0.2, 0.25) is 0 Å². The van der Waals surface area contributed by atoms with Crippen molar-refractivity contribution in [3.05, 3.63) is 35.9 Å². The Morgan fingerprint density at radius 2 is 2.00 bits per heavy atom. The fraction of sp³-hybridized carbons (Fsp3) is 0.100. The fourth-order valence-corrected chi connectivity index (χ4v) is 1.15. The zero-order valence-electron chi connectivity index (χ0n) is 8.71. The molecule has 4 N–H and O–H groups in total. The second-order valence-electron chi connectivity index (χ2n) is 2.99.